The van der Waals surface area contributed by atoms with Gasteiger partial charge in [0, 0.05) is 6.07 Å². The summed E-state index contributed by atoms with van der Waals surface area (Å²) in [6.45, 7) is 1.92. The van der Waals surface area contributed by atoms with Crippen molar-refractivity contribution in [2.24, 2.45) is 0 Å². The van der Waals surface area contributed by atoms with Crippen molar-refractivity contribution in [1.82, 2.24) is 0 Å². The second kappa shape index (κ2) is 3.67. The van der Waals surface area contributed by atoms with E-state index in [4.69, 9.17) is 4.74 Å². The number of carbonyl (C=O) groups excluding carboxylic acids is 1. The molecule has 0 bridgehead atoms. The van der Waals surface area contributed by atoms with Crippen molar-refractivity contribution in [3.63, 3.8) is 0 Å². The first-order valence-corrected chi connectivity index (χ1v) is 5.80. The van der Waals surface area contributed by atoms with Crippen LogP contribution in [0.25, 0.3) is 0 Å². The maximum absolute atomic E-state index is 11.3. The van der Waals surface area contributed by atoms with Crippen molar-refractivity contribution in [3.8, 4) is 11.5 Å². The average molecular weight is 244 g/mol. The number of rotatable bonds is 2. The van der Waals surface area contributed by atoms with Gasteiger partial charge in [-0.25, -0.2) is 4.79 Å². The normalized spacial score (nSPS) is 15.8. The van der Waals surface area contributed by atoms with Gasteiger partial charge in [0.05, 0.1) is 12.2 Å². The van der Waals surface area contributed by atoms with E-state index in [2.05, 4.69) is 8.37 Å². The summed E-state index contributed by atoms with van der Waals surface area (Å²) < 4.78 is 35.6. The maximum atomic E-state index is 11.3. The van der Waals surface area contributed by atoms with Crippen LogP contribution in [0.2, 0.25) is 0 Å². The van der Waals surface area contributed by atoms with Gasteiger partial charge in [-0.2, -0.15) is 0 Å². The molecule has 0 aromatic heterocycles. The molecule has 1 aliphatic heterocycles. The van der Waals surface area contributed by atoms with Crippen LogP contribution in [0, 0.1) is 0 Å². The zero-order valence-electron chi connectivity index (χ0n) is 8.30. The van der Waals surface area contributed by atoms with Gasteiger partial charge in [-0.15, -0.1) is 8.42 Å². The SMILES string of the molecule is CCOC(=O)c1ccc2c(c1)OS(=O)(=O)O2. The number of hydrogen-bond acceptors (Lipinski definition) is 6. The number of fused-ring (bicyclic) bond motifs is 1. The highest BCUT2D eigenvalue weighted by atomic mass is 32.3. The van der Waals surface area contributed by atoms with Gasteiger partial charge >= 0.3 is 16.4 Å². The minimum atomic E-state index is -4.01. The van der Waals surface area contributed by atoms with E-state index in [9.17, 15) is 13.2 Å². The highest BCUT2D eigenvalue weighted by molar-refractivity contribution is 7.82. The molecule has 0 fully saturated rings. The van der Waals surface area contributed by atoms with Gasteiger partial charge in [0.2, 0.25) is 0 Å². The van der Waals surface area contributed by atoms with E-state index in [1.807, 2.05) is 0 Å². The van der Waals surface area contributed by atoms with Crippen LogP contribution in [0.1, 0.15) is 17.3 Å². The van der Waals surface area contributed by atoms with Crippen molar-refractivity contribution < 1.29 is 26.3 Å². The number of benzene rings is 1. The van der Waals surface area contributed by atoms with Crippen molar-refractivity contribution >= 4 is 16.4 Å². The van der Waals surface area contributed by atoms with E-state index in [-0.39, 0.29) is 23.7 Å². The summed E-state index contributed by atoms with van der Waals surface area (Å²) in [6, 6.07) is 4.00. The largest absolute Gasteiger partial charge is 0.501 e. The summed E-state index contributed by atoms with van der Waals surface area (Å²) in [4.78, 5) is 11.3. The minimum Gasteiger partial charge on any atom is -0.462 e. The molecule has 1 heterocycles. The van der Waals surface area contributed by atoms with Crippen molar-refractivity contribution in [1.29, 1.82) is 0 Å². The number of carbonyl (C=O) groups is 1. The topological polar surface area (TPSA) is 78.9 Å². The Bertz CT molecular complexity index is 533. The smallest absolute Gasteiger partial charge is 0.462 e. The molecular formula is C9H8O6S. The molecule has 0 saturated heterocycles. The van der Waals surface area contributed by atoms with Crippen LogP contribution in [0.15, 0.2) is 18.2 Å². The summed E-state index contributed by atoms with van der Waals surface area (Å²) in [5.74, 6) is -0.489. The van der Waals surface area contributed by atoms with Crippen LogP contribution < -0.4 is 8.37 Å². The Morgan fingerprint density at radius 1 is 1.31 bits per heavy atom. The van der Waals surface area contributed by atoms with Crippen LogP contribution in [0.3, 0.4) is 0 Å². The Kier molecular flexibility index (Phi) is 2.47. The molecule has 0 radical (unpaired) electrons. The number of esters is 1. The lowest BCUT2D eigenvalue weighted by atomic mass is 10.2. The fraction of sp³-hybridized carbons (Fsp3) is 0.222. The Morgan fingerprint density at radius 3 is 2.69 bits per heavy atom. The molecule has 16 heavy (non-hydrogen) atoms. The second-order valence-electron chi connectivity index (χ2n) is 2.96. The lowest BCUT2D eigenvalue weighted by molar-refractivity contribution is 0.0526. The summed E-state index contributed by atoms with van der Waals surface area (Å²) >= 11 is 0. The molecule has 7 heteroatoms. The van der Waals surface area contributed by atoms with Gasteiger partial charge in [0.1, 0.15) is 0 Å². The molecule has 6 nitrogen and oxygen atoms in total. The van der Waals surface area contributed by atoms with Crippen LogP contribution in [-0.2, 0) is 15.1 Å². The average Bonchev–Trinajstić information content (AvgIpc) is 2.50. The van der Waals surface area contributed by atoms with E-state index in [0.717, 1.165) is 0 Å². The van der Waals surface area contributed by atoms with Gasteiger partial charge < -0.3 is 13.1 Å². The van der Waals surface area contributed by atoms with Crippen molar-refractivity contribution in [2.45, 2.75) is 6.92 Å². The Morgan fingerprint density at radius 2 is 2.00 bits per heavy atom. The third-order valence-electron chi connectivity index (χ3n) is 1.84. The van der Waals surface area contributed by atoms with Gasteiger partial charge in [0.25, 0.3) is 0 Å². The van der Waals surface area contributed by atoms with E-state index in [1.54, 1.807) is 6.92 Å². The third kappa shape index (κ3) is 1.94. The standard InChI is InChI=1S/C9H8O6S/c1-2-13-9(10)6-3-4-7-8(5-6)15-16(11,12)14-7/h3-5H,2H2,1H3. The first-order chi connectivity index (χ1) is 7.52. The molecule has 1 aliphatic rings. The molecule has 0 aliphatic carbocycles. The van der Waals surface area contributed by atoms with Gasteiger partial charge in [0.15, 0.2) is 11.5 Å². The quantitative estimate of drug-likeness (QED) is 0.718. The van der Waals surface area contributed by atoms with Crippen LogP contribution in [0.4, 0.5) is 0 Å². The monoisotopic (exact) mass is 244 g/mol. The maximum Gasteiger partial charge on any atom is 0.501 e. The van der Waals surface area contributed by atoms with Gasteiger partial charge in [-0.3, -0.25) is 0 Å². The minimum absolute atomic E-state index is 0.00875. The molecule has 0 spiro atoms. The van der Waals surface area contributed by atoms with E-state index in [1.165, 1.54) is 18.2 Å². The predicted molar refractivity (Wildman–Crippen MR) is 52.6 cm³/mol. The molecule has 0 unspecified atom stereocenters. The van der Waals surface area contributed by atoms with Crippen LogP contribution in [-0.4, -0.2) is 21.0 Å². The van der Waals surface area contributed by atoms with Crippen molar-refractivity contribution in [3.05, 3.63) is 23.8 Å². The molecule has 0 N–H and O–H groups in total. The number of hydrogen-bond donors (Lipinski definition) is 0. The van der Waals surface area contributed by atoms with E-state index >= 15 is 0 Å². The Balaban J connectivity index is 2.32. The highest BCUT2D eigenvalue weighted by Crippen LogP contribution is 2.36. The predicted octanol–water partition coefficient (Wildman–Crippen LogP) is 0.879. The highest BCUT2D eigenvalue weighted by Gasteiger charge is 2.29. The van der Waals surface area contributed by atoms with Crippen LogP contribution >= 0.6 is 0 Å². The third-order valence-corrected chi connectivity index (χ3v) is 2.61. The summed E-state index contributed by atoms with van der Waals surface area (Å²) in [5.41, 5.74) is 0.210. The lowest BCUT2D eigenvalue weighted by Gasteiger charge is -2.01. The zero-order valence-corrected chi connectivity index (χ0v) is 9.11. The summed E-state index contributed by atoms with van der Waals surface area (Å²) in [5, 5.41) is 0. The first-order valence-electron chi connectivity index (χ1n) is 4.47. The molecule has 2 rings (SSSR count). The lowest BCUT2D eigenvalue weighted by Crippen LogP contribution is -2.08. The molecule has 0 amide bonds. The fourth-order valence-electron chi connectivity index (χ4n) is 1.22. The molecule has 0 atom stereocenters. The van der Waals surface area contributed by atoms with E-state index < -0.39 is 16.4 Å². The second-order valence-corrected chi connectivity index (χ2v) is 4.11. The summed E-state index contributed by atoms with van der Waals surface area (Å²) in [7, 11) is -4.01. The first kappa shape index (κ1) is 10.7. The zero-order chi connectivity index (χ0) is 11.8. The number of ether oxygens (including phenoxy) is 1. The molecule has 1 aromatic carbocycles. The molecular weight excluding hydrogens is 236 g/mol. The Hall–Kier alpha value is -1.76. The van der Waals surface area contributed by atoms with Crippen LogP contribution in [0.5, 0.6) is 11.5 Å². The van der Waals surface area contributed by atoms with Crippen molar-refractivity contribution in [2.75, 3.05) is 6.61 Å². The van der Waals surface area contributed by atoms with Gasteiger partial charge in [-0.05, 0) is 19.1 Å². The Labute approximate surface area is 92.1 Å². The fourth-order valence-corrected chi connectivity index (χ4v) is 1.96. The molecule has 86 valence electrons. The van der Waals surface area contributed by atoms with Gasteiger partial charge in [-0.1, -0.05) is 0 Å². The molecule has 1 aromatic rings. The molecule has 0 saturated carbocycles. The van der Waals surface area contributed by atoms with E-state index in [0.29, 0.717) is 0 Å². The summed E-state index contributed by atoms with van der Waals surface area (Å²) in [6.07, 6.45) is 0.